The van der Waals surface area contributed by atoms with Gasteiger partial charge in [0.25, 0.3) is 5.91 Å². The van der Waals surface area contributed by atoms with Crippen LogP contribution in [0.4, 0.5) is 0 Å². The topological polar surface area (TPSA) is 91.2 Å². The summed E-state index contributed by atoms with van der Waals surface area (Å²) in [6.45, 7) is -0.347. The molecule has 2 aromatic carbocycles. The number of benzene rings is 2. The summed E-state index contributed by atoms with van der Waals surface area (Å²) >= 11 is 11.8. The van der Waals surface area contributed by atoms with Gasteiger partial charge in [-0.2, -0.15) is 5.26 Å². The molecule has 0 aromatic heterocycles. The number of nitrogens with one attached hydrogen (secondary N) is 2. The first kappa shape index (κ1) is 18.6. The molecule has 2 amide bonds. The maximum absolute atomic E-state index is 11.8. The van der Waals surface area contributed by atoms with E-state index in [-0.39, 0.29) is 13.0 Å². The monoisotopic (exact) mass is 377 g/mol. The standard InChI is InChI=1S/C17H13Cl2N3O3/c18-13-6-5-11(14(19)8-13)7-16(23)21-22-17(24)10-25-15-4-2-1-3-12(15)9-20/h1-6,8H,7,10H2,(H,21,23)(H,22,24). The highest BCUT2D eigenvalue weighted by atomic mass is 35.5. The largest absolute Gasteiger partial charge is 0.482 e. The number of carbonyl (C=O) groups is 2. The van der Waals surface area contributed by atoms with Crippen LogP contribution >= 0.6 is 23.2 Å². The van der Waals surface area contributed by atoms with Gasteiger partial charge in [0.05, 0.1) is 12.0 Å². The normalized spacial score (nSPS) is 9.80. The summed E-state index contributed by atoms with van der Waals surface area (Å²) in [6.07, 6.45) is -0.0194. The Hall–Kier alpha value is -2.75. The second kappa shape index (κ2) is 8.92. The summed E-state index contributed by atoms with van der Waals surface area (Å²) in [5.74, 6) is -0.724. The van der Waals surface area contributed by atoms with Crippen LogP contribution in [0.1, 0.15) is 11.1 Å². The molecular weight excluding hydrogens is 365 g/mol. The highest BCUT2D eigenvalue weighted by molar-refractivity contribution is 6.35. The summed E-state index contributed by atoms with van der Waals surface area (Å²) in [4.78, 5) is 23.5. The zero-order valence-electron chi connectivity index (χ0n) is 12.9. The van der Waals surface area contributed by atoms with Gasteiger partial charge in [0.1, 0.15) is 11.8 Å². The Kier molecular flexibility index (Phi) is 6.63. The number of hydrogen-bond acceptors (Lipinski definition) is 4. The van der Waals surface area contributed by atoms with Crippen LogP contribution in [0.25, 0.3) is 0 Å². The van der Waals surface area contributed by atoms with Crippen molar-refractivity contribution in [1.29, 1.82) is 5.26 Å². The number of para-hydroxylation sites is 1. The number of hydrazine groups is 1. The van der Waals surface area contributed by atoms with Gasteiger partial charge in [0.2, 0.25) is 5.91 Å². The molecule has 8 heteroatoms. The molecule has 2 aromatic rings. The van der Waals surface area contributed by atoms with Gasteiger partial charge >= 0.3 is 0 Å². The third-order valence-corrected chi connectivity index (χ3v) is 3.66. The van der Waals surface area contributed by atoms with E-state index in [2.05, 4.69) is 10.9 Å². The Labute approximate surface area is 154 Å². The van der Waals surface area contributed by atoms with Gasteiger partial charge in [-0.1, -0.05) is 41.4 Å². The summed E-state index contributed by atoms with van der Waals surface area (Å²) in [5, 5.41) is 9.77. The van der Waals surface area contributed by atoms with Crippen molar-refractivity contribution in [2.75, 3.05) is 6.61 Å². The van der Waals surface area contributed by atoms with E-state index in [9.17, 15) is 9.59 Å². The molecule has 25 heavy (non-hydrogen) atoms. The Morgan fingerprint density at radius 2 is 1.80 bits per heavy atom. The molecule has 2 rings (SSSR count). The number of carbonyl (C=O) groups excluding carboxylic acids is 2. The van der Waals surface area contributed by atoms with E-state index in [0.717, 1.165) is 0 Å². The lowest BCUT2D eigenvalue weighted by Crippen LogP contribution is -2.44. The van der Waals surface area contributed by atoms with E-state index in [4.69, 9.17) is 33.2 Å². The number of rotatable bonds is 5. The fourth-order valence-corrected chi connectivity index (χ4v) is 2.36. The first-order valence-corrected chi connectivity index (χ1v) is 7.88. The van der Waals surface area contributed by atoms with E-state index in [1.54, 1.807) is 36.4 Å². The van der Waals surface area contributed by atoms with Crippen LogP contribution < -0.4 is 15.6 Å². The maximum Gasteiger partial charge on any atom is 0.276 e. The molecule has 128 valence electrons. The number of halogens is 2. The third-order valence-electron chi connectivity index (χ3n) is 3.07. The lowest BCUT2D eigenvalue weighted by Gasteiger charge is -2.10. The Balaban J connectivity index is 1.79. The van der Waals surface area contributed by atoms with Gasteiger partial charge < -0.3 is 4.74 Å². The lowest BCUT2D eigenvalue weighted by molar-refractivity contribution is -0.129. The fourth-order valence-electron chi connectivity index (χ4n) is 1.89. The average Bonchev–Trinajstić information content (AvgIpc) is 2.60. The Bertz CT molecular complexity index is 834. The van der Waals surface area contributed by atoms with Crippen molar-refractivity contribution in [3.8, 4) is 11.8 Å². The van der Waals surface area contributed by atoms with E-state index >= 15 is 0 Å². The van der Waals surface area contributed by atoms with Crippen molar-refractivity contribution in [2.45, 2.75) is 6.42 Å². The number of nitriles is 1. The van der Waals surface area contributed by atoms with Crippen LogP contribution in [-0.2, 0) is 16.0 Å². The van der Waals surface area contributed by atoms with Gasteiger partial charge in [-0.05, 0) is 29.8 Å². The van der Waals surface area contributed by atoms with Crippen LogP contribution in [0.15, 0.2) is 42.5 Å². The highest BCUT2D eigenvalue weighted by Crippen LogP contribution is 2.21. The van der Waals surface area contributed by atoms with Gasteiger partial charge in [-0.15, -0.1) is 0 Å². The van der Waals surface area contributed by atoms with E-state index in [1.807, 2.05) is 6.07 Å². The van der Waals surface area contributed by atoms with E-state index in [1.165, 1.54) is 6.07 Å². The van der Waals surface area contributed by atoms with Crippen molar-refractivity contribution >= 4 is 35.0 Å². The van der Waals surface area contributed by atoms with Gasteiger partial charge in [-0.25, -0.2) is 0 Å². The van der Waals surface area contributed by atoms with Crippen molar-refractivity contribution < 1.29 is 14.3 Å². The molecule has 0 aliphatic carbocycles. The minimum absolute atomic E-state index is 0.0194. The molecule has 0 heterocycles. The van der Waals surface area contributed by atoms with Crippen LogP contribution in [0.2, 0.25) is 10.0 Å². The van der Waals surface area contributed by atoms with Crippen LogP contribution in [0, 0.1) is 11.3 Å². The SMILES string of the molecule is N#Cc1ccccc1OCC(=O)NNC(=O)Cc1ccc(Cl)cc1Cl. The number of nitrogens with zero attached hydrogens (tertiary/aromatic N) is 1. The smallest absolute Gasteiger partial charge is 0.276 e. The van der Waals surface area contributed by atoms with E-state index in [0.29, 0.717) is 26.9 Å². The van der Waals surface area contributed by atoms with Crippen LogP contribution in [0.3, 0.4) is 0 Å². The molecule has 0 bridgehead atoms. The molecule has 0 saturated carbocycles. The van der Waals surface area contributed by atoms with Crippen LogP contribution in [-0.4, -0.2) is 18.4 Å². The summed E-state index contributed by atoms with van der Waals surface area (Å²) in [6, 6.07) is 13.3. The second-order valence-electron chi connectivity index (χ2n) is 4.91. The molecular formula is C17H13Cl2N3O3. The number of amides is 2. The molecule has 0 aliphatic rings. The minimum atomic E-state index is -0.566. The predicted octanol–water partition coefficient (Wildman–Crippen LogP) is 2.63. The van der Waals surface area contributed by atoms with Crippen LogP contribution in [0.5, 0.6) is 5.75 Å². The van der Waals surface area contributed by atoms with Crippen molar-refractivity contribution in [3.05, 3.63) is 63.6 Å². The van der Waals surface area contributed by atoms with Gasteiger partial charge in [0, 0.05) is 10.0 Å². The van der Waals surface area contributed by atoms with Gasteiger partial charge in [-0.3, -0.25) is 20.4 Å². The molecule has 0 unspecified atom stereocenters. The number of ether oxygens (including phenoxy) is 1. The lowest BCUT2D eigenvalue weighted by atomic mass is 10.1. The minimum Gasteiger partial charge on any atom is -0.482 e. The van der Waals surface area contributed by atoms with Crippen molar-refractivity contribution in [2.24, 2.45) is 0 Å². The quantitative estimate of drug-likeness (QED) is 0.783. The molecule has 0 aliphatic heterocycles. The molecule has 6 nitrogen and oxygen atoms in total. The van der Waals surface area contributed by atoms with Gasteiger partial charge in [0.15, 0.2) is 6.61 Å². The van der Waals surface area contributed by atoms with Crippen molar-refractivity contribution in [1.82, 2.24) is 10.9 Å². The predicted molar refractivity (Wildman–Crippen MR) is 93.1 cm³/mol. The zero-order valence-corrected chi connectivity index (χ0v) is 14.4. The zero-order chi connectivity index (χ0) is 18.2. The third kappa shape index (κ3) is 5.68. The first-order chi connectivity index (χ1) is 12.0. The molecule has 0 saturated heterocycles. The molecule has 0 spiro atoms. The summed E-state index contributed by atoms with van der Waals surface area (Å²) in [5.41, 5.74) is 5.39. The summed E-state index contributed by atoms with van der Waals surface area (Å²) < 4.78 is 5.25. The average molecular weight is 378 g/mol. The molecule has 0 atom stereocenters. The first-order valence-electron chi connectivity index (χ1n) is 7.13. The number of hydrogen-bond donors (Lipinski definition) is 2. The molecule has 2 N–H and O–H groups in total. The Morgan fingerprint density at radius 3 is 2.52 bits per heavy atom. The second-order valence-corrected chi connectivity index (χ2v) is 5.75. The van der Waals surface area contributed by atoms with Crippen molar-refractivity contribution in [3.63, 3.8) is 0 Å². The molecule has 0 radical (unpaired) electrons. The highest BCUT2D eigenvalue weighted by Gasteiger charge is 2.10. The maximum atomic E-state index is 11.8. The molecule has 0 fully saturated rings. The Morgan fingerprint density at radius 1 is 1.08 bits per heavy atom. The summed E-state index contributed by atoms with van der Waals surface area (Å²) in [7, 11) is 0. The van der Waals surface area contributed by atoms with E-state index < -0.39 is 11.8 Å². The fraction of sp³-hybridized carbons (Fsp3) is 0.118.